The lowest BCUT2D eigenvalue weighted by Gasteiger charge is -2.25. The van der Waals surface area contributed by atoms with Gasteiger partial charge in [-0.2, -0.15) is 0 Å². The van der Waals surface area contributed by atoms with Gasteiger partial charge in [0.2, 0.25) is 0 Å². The number of rotatable bonds is 3. The average Bonchev–Trinajstić information content (AvgIpc) is 2.86. The average molecular weight is 319 g/mol. The lowest BCUT2D eigenvalue weighted by atomic mass is 9.87. The van der Waals surface area contributed by atoms with Crippen molar-refractivity contribution in [2.45, 2.75) is 25.8 Å². The Hall–Kier alpha value is -3.13. The summed E-state index contributed by atoms with van der Waals surface area (Å²) in [7, 11) is 0. The van der Waals surface area contributed by atoms with Crippen molar-refractivity contribution in [1.82, 2.24) is 5.32 Å². The Labute approximate surface area is 140 Å². The van der Waals surface area contributed by atoms with Gasteiger partial charge in [-0.25, -0.2) is 14.5 Å². The molecule has 1 saturated heterocycles. The van der Waals surface area contributed by atoms with Crippen LogP contribution in [0.15, 0.2) is 48.5 Å². The summed E-state index contributed by atoms with van der Waals surface area (Å²) in [6.07, 6.45) is 0.456. The number of aryl methyl sites for hydroxylation is 1. The van der Waals surface area contributed by atoms with E-state index in [4.69, 9.17) is 6.57 Å². The predicted molar refractivity (Wildman–Crippen MR) is 91.9 cm³/mol. The molecule has 120 valence electrons. The summed E-state index contributed by atoms with van der Waals surface area (Å²) in [5, 5.41) is 2.86. The third-order valence-corrected chi connectivity index (χ3v) is 4.45. The number of benzene rings is 2. The molecule has 1 atom stereocenters. The Morgan fingerprint density at radius 3 is 2.46 bits per heavy atom. The number of urea groups is 1. The zero-order chi connectivity index (χ0) is 17.3. The molecule has 1 fully saturated rings. The second-order valence-corrected chi connectivity index (χ2v) is 5.78. The SMILES string of the molecule is [C-]#[N+]c1ccc(N2C(=O)N[C@](CC)(c3ccccc3)C2=O)cc1C. The number of nitrogens with one attached hydrogen (secondary N) is 1. The van der Waals surface area contributed by atoms with Crippen molar-refractivity contribution in [2.75, 3.05) is 4.90 Å². The maximum absolute atomic E-state index is 13.1. The second kappa shape index (κ2) is 5.82. The minimum atomic E-state index is -1.05. The molecule has 1 aliphatic rings. The van der Waals surface area contributed by atoms with Gasteiger partial charge in [0.15, 0.2) is 5.69 Å². The normalized spacial score (nSPS) is 20.0. The minimum Gasteiger partial charge on any atom is -0.319 e. The Morgan fingerprint density at radius 2 is 1.88 bits per heavy atom. The molecule has 1 heterocycles. The summed E-state index contributed by atoms with van der Waals surface area (Å²) in [5.41, 5.74) is 1.44. The van der Waals surface area contributed by atoms with Crippen molar-refractivity contribution in [1.29, 1.82) is 0 Å². The Kier molecular flexibility index (Phi) is 3.82. The summed E-state index contributed by atoms with van der Waals surface area (Å²) >= 11 is 0. The monoisotopic (exact) mass is 319 g/mol. The van der Waals surface area contributed by atoms with E-state index in [1.165, 1.54) is 0 Å². The van der Waals surface area contributed by atoms with Gasteiger partial charge in [-0.1, -0.05) is 43.3 Å². The first-order valence-electron chi connectivity index (χ1n) is 7.74. The van der Waals surface area contributed by atoms with E-state index >= 15 is 0 Å². The van der Waals surface area contributed by atoms with E-state index < -0.39 is 11.6 Å². The van der Waals surface area contributed by atoms with Gasteiger partial charge < -0.3 is 5.32 Å². The van der Waals surface area contributed by atoms with Crippen molar-refractivity contribution in [2.24, 2.45) is 0 Å². The molecule has 0 aliphatic carbocycles. The quantitative estimate of drug-likeness (QED) is 0.689. The van der Waals surface area contributed by atoms with Crippen LogP contribution in [0.25, 0.3) is 4.85 Å². The van der Waals surface area contributed by atoms with Gasteiger partial charge in [0, 0.05) is 0 Å². The number of carbonyl (C=O) groups excluding carboxylic acids is 2. The van der Waals surface area contributed by atoms with Crippen LogP contribution in [0.2, 0.25) is 0 Å². The van der Waals surface area contributed by atoms with Crippen molar-refractivity contribution in [3.05, 3.63) is 71.1 Å². The van der Waals surface area contributed by atoms with Gasteiger partial charge in [-0.15, -0.1) is 0 Å². The van der Waals surface area contributed by atoms with E-state index in [9.17, 15) is 9.59 Å². The standard InChI is InChI=1S/C19H17N3O2/c1-4-19(14-8-6-5-7-9-14)17(23)22(18(24)21-19)15-10-11-16(20-3)13(2)12-15/h5-12H,4H2,1-2H3,(H,21,24)/t19-/m1/s1. The molecule has 1 aliphatic heterocycles. The lowest BCUT2D eigenvalue weighted by molar-refractivity contribution is -0.122. The lowest BCUT2D eigenvalue weighted by Crippen LogP contribution is -2.43. The fourth-order valence-corrected chi connectivity index (χ4v) is 3.08. The first-order valence-corrected chi connectivity index (χ1v) is 7.74. The molecule has 0 unspecified atom stereocenters. The summed E-state index contributed by atoms with van der Waals surface area (Å²) < 4.78 is 0. The third-order valence-electron chi connectivity index (χ3n) is 4.45. The Balaban J connectivity index is 2.06. The van der Waals surface area contributed by atoms with Gasteiger partial charge in [0.25, 0.3) is 5.91 Å². The molecule has 3 amide bonds. The van der Waals surface area contributed by atoms with Gasteiger partial charge in [-0.05, 0) is 36.6 Å². The van der Waals surface area contributed by atoms with E-state index in [2.05, 4.69) is 10.2 Å². The molecule has 5 heteroatoms. The molecular weight excluding hydrogens is 302 g/mol. The first-order chi connectivity index (χ1) is 11.5. The number of amides is 3. The molecule has 0 radical (unpaired) electrons. The van der Waals surface area contributed by atoms with Crippen molar-refractivity contribution in [3.8, 4) is 0 Å². The summed E-state index contributed by atoms with van der Waals surface area (Å²) in [4.78, 5) is 30.2. The predicted octanol–water partition coefficient (Wildman–Crippen LogP) is 3.91. The van der Waals surface area contributed by atoms with Gasteiger partial charge in [-0.3, -0.25) is 4.79 Å². The van der Waals surface area contributed by atoms with Crippen LogP contribution >= 0.6 is 0 Å². The molecule has 0 saturated carbocycles. The van der Waals surface area contributed by atoms with Crippen LogP contribution in [0.1, 0.15) is 24.5 Å². The molecule has 0 aromatic heterocycles. The van der Waals surface area contributed by atoms with Gasteiger partial charge in [0.05, 0.1) is 12.3 Å². The van der Waals surface area contributed by atoms with E-state index in [0.717, 1.165) is 16.0 Å². The smallest absolute Gasteiger partial charge is 0.319 e. The van der Waals surface area contributed by atoms with Crippen LogP contribution in [0.5, 0.6) is 0 Å². The molecule has 3 rings (SSSR count). The molecule has 2 aromatic carbocycles. The highest BCUT2D eigenvalue weighted by Crippen LogP contribution is 2.36. The zero-order valence-electron chi connectivity index (χ0n) is 13.5. The van der Waals surface area contributed by atoms with Crippen LogP contribution in [-0.4, -0.2) is 11.9 Å². The zero-order valence-corrected chi connectivity index (χ0v) is 13.5. The Morgan fingerprint density at radius 1 is 1.17 bits per heavy atom. The Bertz CT molecular complexity index is 855. The van der Waals surface area contributed by atoms with Crippen LogP contribution in [-0.2, 0) is 10.3 Å². The number of anilines is 1. The number of carbonyl (C=O) groups is 2. The summed E-state index contributed by atoms with van der Waals surface area (Å²) in [5.74, 6) is -0.295. The van der Waals surface area contributed by atoms with Crippen LogP contribution in [0.4, 0.5) is 16.2 Å². The van der Waals surface area contributed by atoms with E-state index in [1.54, 1.807) is 25.1 Å². The first kappa shape index (κ1) is 15.8. The maximum Gasteiger partial charge on any atom is 0.329 e. The maximum atomic E-state index is 13.1. The highest BCUT2D eigenvalue weighted by molar-refractivity contribution is 6.23. The molecule has 24 heavy (non-hydrogen) atoms. The molecule has 2 aromatic rings. The van der Waals surface area contributed by atoms with Crippen LogP contribution in [0, 0.1) is 13.5 Å². The van der Waals surface area contributed by atoms with Crippen LogP contribution in [0.3, 0.4) is 0 Å². The largest absolute Gasteiger partial charge is 0.329 e. The molecule has 5 nitrogen and oxygen atoms in total. The number of imide groups is 1. The van der Waals surface area contributed by atoms with E-state index in [0.29, 0.717) is 17.8 Å². The summed E-state index contributed by atoms with van der Waals surface area (Å²) in [6, 6.07) is 13.8. The molecule has 0 spiro atoms. The summed E-state index contributed by atoms with van der Waals surface area (Å²) in [6.45, 7) is 10.8. The van der Waals surface area contributed by atoms with Crippen LogP contribution < -0.4 is 10.2 Å². The topological polar surface area (TPSA) is 53.8 Å². The van der Waals surface area contributed by atoms with Crippen molar-refractivity contribution >= 4 is 23.3 Å². The second-order valence-electron chi connectivity index (χ2n) is 5.78. The fourth-order valence-electron chi connectivity index (χ4n) is 3.08. The minimum absolute atomic E-state index is 0.295. The van der Waals surface area contributed by atoms with Crippen molar-refractivity contribution in [3.63, 3.8) is 0 Å². The number of nitrogens with zero attached hydrogens (tertiary/aromatic N) is 2. The van der Waals surface area contributed by atoms with E-state index in [1.807, 2.05) is 37.3 Å². The third kappa shape index (κ3) is 2.24. The van der Waals surface area contributed by atoms with Gasteiger partial charge >= 0.3 is 6.03 Å². The van der Waals surface area contributed by atoms with E-state index in [-0.39, 0.29) is 5.91 Å². The fraction of sp³-hybridized carbons (Fsp3) is 0.211. The van der Waals surface area contributed by atoms with Gasteiger partial charge in [0.1, 0.15) is 5.54 Å². The number of hydrogen-bond donors (Lipinski definition) is 1. The van der Waals surface area contributed by atoms with Crippen molar-refractivity contribution < 1.29 is 9.59 Å². The highest BCUT2D eigenvalue weighted by Gasteiger charge is 2.51. The highest BCUT2D eigenvalue weighted by atomic mass is 16.2. The molecular formula is C19H17N3O2. The molecule has 1 N–H and O–H groups in total. The number of hydrogen-bond acceptors (Lipinski definition) is 2. The molecule has 0 bridgehead atoms.